The third kappa shape index (κ3) is 4.64. The third-order valence-corrected chi connectivity index (χ3v) is 7.50. The zero-order valence-corrected chi connectivity index (χ0v) is 22.0. The summed E-state index contributed by atoms with van der Waals surface area (Å²) in [5, 5.41) is 3.54. The summed E-state index contributed by atoms with van der Waals surface area (Å²) in [6, 6.07) is 19.2. The second-order valence-electron chi connectivity index (χ2n) is 9.13. The smallest absolute Gasteiger partial charge is 0.333 e. The molecular weight excluding hydrogens is 543 g/mol. The van der Waals surface area contributed by atoms with Crippen LogP contribution in [0.5, 0.6) is 11.5 Å². The van der Waals surface area contributed by atoms with E-state index >= 15 is 0 Å². The molecule has 6 rings (SSSR count). The van der Waals surface area contributed by atoms with Gasteiger partial charge in [-0.05, 0) is 35.9 Å². The average Bonchev–Trinajstić information content (AvgIpc) is 3.54. The monoisotopic (exact) mass is 564 g/mol. The number of imidazole rings is 1. The molecule has 39 heavy (non-hydrogen) atoms. The van der Waals surface area contributed by atoms with Crippen molar-refractivity contribution < 1.29 is 19.1 Å². The summed E-state index contributed by atoms with van der Waals surface area (Å²) in [4.78, 5) is 42.3. The molecule has 11 heteroatoms. The van der Waals surface area contributed by atoms with Gasteiger partial charge in [-0.1, -0.05) is 53.5 Å². The van der Waals surface area contributed by atoms with Crippen LogP contribution in [0.25, 0.3) is 5.69 Å². The number of hydrogen-bond donors (Lipinski definition) is 1. The molecule has 0 fully saturated rings. The molecule has 0 aliphatic carbocycles. The zero-order valence-electron chi connectivity index (χ0n) is 20.5. The minimum absolute atomic E-state index is 0.0555. The predicted octanol–water partition coefficient (Wildman–Crippen LogP) is 4.26. The Morgan fingerprint density at radius 2 is 1.69 bits per heavy atom. The van der Waals surface area contributed by atoms with Crippen LogP contribution in [-0.4, -0.2) is 39.2 Å². The molecule has 1 N–H and O–H groups in total. The number of carbonyl (C=O) groups excluding carboxylic acids is 2. The van der Waals surface area contributed by atoms with Gasteiger partial charge in [0.05, 0.1) is 28.0 Å². The van der Waals surface area contributed by atoms with E-state index in [0.717, 1.165) is 5.56 Å². The van der Waals surface area contributed by atoms with E-state index in [1.54, 1.807) is 39.8 Å². The Morgan fingerprint density at radius 3 is 2.49 bits per heavy atom. The zero-order chi connectivity index (χ0) is 27.1. The van der Waals surface area contributed by atoms with Gasteiger partial charge in [0.15, 0.2) is 11.5 Å². The number of fused-ring (bicyclic) bond motifs is 2. The standard InChI is InChI=1S/C28H22Cl2N4O5/c29-20-8-6-18(12-21(20)30)27(36)32-10-11-33-22(15-32)25(26(35)31-14-17-4-2-1-3-5-17)34(28(33)37)19-7-9-23-24(13-19)39-16-38-23/h1-9,12-13H,10-11,14-16H2,(H,31,35). The first-order valence-electron chi connectivity index (χ1n) is 12.2. The number of amides is 2. The van der Waals surface area contributed by atoms with E-state index < -0.39 is 5.91 Å². The van der Waals surface area contributed by atoms with Gasteiger partial charge in [0.25, 0.3) is 11.8 Å². The second-order valence-corrected chi connectivity index (χ2v) is 9.94. The first kappa shape index (κ1) is 25.1. The Labute approximate surface area is 233 Å². The van der Waals surface area contributed by atoms with Crippen molar-refractivity contribution in [3.8, 4) is 17.2 Å². The molecule has 0 unspecified atom stereocenters. The van der Waals surface area contributed by atoms with E-state index in [2.05, 4.69) is 5.32 Å². The Balaban J connectivity index is 1.40. The van der Waals surface area contributed by atoms with Gasteiger partial charge in [0, 0.05) is 31.3 Å². The van der Waals surface area contributed by atoms with Gasteiger partial charge in [-0.25, -0.2) is 4.79 Å². The highest BCUT2D eigenvalue weighted by molar-refractivity contribution is 6.42. The van der Waals surface area contributed by atoms with Gasteiger partial charge < -0.3 is 19.7 Å². The van der Waals surface area contributed by atoms with Crippen molar-refractivity contribution in [3.63, 3.8) is 0 Å². The highest BCUT2D eigenvalue weighted by Gasteiger charge is 2.32. The van der Waals surface area contributed by atoms with Crippen LogP contribution < -0.4 is 20.5 Å². The number of ether oxygens (including phenoxy) is 2. The van der Waals surface area contributed by atoms with Crippen LogP contribution in [-0.2, 0) is 19.6 Å². The number of nitrogens with zero attached hydrogens (tertiary/aromatic N) is 3. The summed E-state index contributed by atoms with van der Waals surface area (Å²) >= 11 is 12.2. The minimum atomic E-state index is -0.439. The Kier molecular flexibility index (Phi) is 6.54. The predicted molar refractivity (Wildman–Crippen MR) is 145 cm³/mol. The van der Waals surface area contributed by atoms with Gasteiger partial charge in [-0.2, -0.15) is 0 Å². The number of halogens is 2. The lowest BCUT2D eigenvalue weighted by Crippen LogP contribution is -2.41. The van der Waals surface area contributed by atoms with E-state index in [1.165, 1.54) is 10.6 Å². The average molecular weight is 565 g/mol. The number of hydrogen-bond acceptors (Lipinski definition) is 5. The molecule has 1 aromatic heterocycles. The van der Waals surface area contributed by atoms with Crippen LogP contribution >= 0.6 is 23.2 Å². The number of benzene rings is 3. The maximum Gasteiger partial charge on any atom is 0.333 e. The summed E-state index contributed by atoms with van der Waals surface area (Å²) in [6.45, 7) is 0.904. The van der Waals surface area contributed by atoms with Crippen molar-refractivity contribution in [3.05, 3.63) is 110 Å². The lowest BCUT2D eigenvalue weighted by Gasteiger charge is -2.28. The van der Waals surface area contributed by atoms with Gasteiger partial charge >= 0.3 is 5.69 Å². The van der Waals surface area contributed by atoms with Crippen LogP contribution in [0.1, 0.15) is 32.1 Å². The highest BCUT2D eigenvalue weighted by atomic mass is 35.5. The van der Waals surface area contributed by atoms with E-state index in [4.69, 9.17) is 32.7 Å². The fourth-order valence-electron chi connectivity index (χ4n) is 4.80. The van der Waals surface area contributed by atoms with E-state index in [0.29, 0.717) is 33.5 Å². The summed E-state index contributed by atoms with van der Waals surface area (Å²) in [7, 11) is 0. The summed E-state index contributed by atoms with van der Waals surface area (Å²) in [6.07, 6.45) is 0. The molecule has 0 radical (unpaired) electrons. The normalized spacial score (nSPS) is 13.7. The SMILES string of the molecule is O=C(NCc1ccccc1)c1c2n(c(=O)n1-c1ccc3c(c1)OCO3)CCN(C(=O)c1ccc(Cl)c(Cl)c1)C2. The van der Waals surface area contributed by atoms with Crippen LogP contribution in [0.3, 0.4) is 0 Å². The van der Waals surface area contributed by atoms with Gasteiger partial charge in [-0.15, -0.1) is 0 Å². The molecule has 3 heterocycles. The molecule has 0 spiro atoms. The van der Waals surface area contributed by atoms with Crippen LogP contribution in [0.2, 0.25) is 10.0 Å². The molecule has 2 aliphatic heterocycles. The molecule has 2 amide bonds. The van der Waals surface area contributed by atoms with Crippen molar-refractivity contribution in [2.24, 2.45) is 0 Å². The van der Waals surface area contributed by atoms with Crippen molar-refractivity contribution in [2.45, 2.75) is 19.6 Å². The number of rotatable bonds is 5. The topological polar surface area (TPSA) is 94.8 Å². The van der Waals surface area contributed by atoms with E-state index in [-0.39, 0.29) is 55.3 Å². The summed E-state index contributed by atoms with van der Waals surface area (Å²) in [5.41, 5.74) is 1.94. The molecule has 0 atom stereocenters. The first-order chi connectivity index (χ1) is 18.9. The van der Waals surface area contributed by atoms with Crippen LogP contribution in [0.15, 0.2) is 71.5 Å². The lowest BCUT2D eigenvalue weighted by molar-refractivity contribution is 0.0706. The molecule has 0 saturated heterocycles. The largest absolute Gasteiger partial charge is 0.454 e. The quantitative estimate of drug-likeness (QED) is 0.391. The van der Waals surface area contributed by atoms with Gasteiger partial charge in [0.2, 0.25) is 6.79 Å². The number of aromatic nitrogens is 2. The van der Waals surface area contributed by atoms with Crippen molar-refractivity contribution in [2.75, 3.05) is 13.3 Å². The maximum atomic E-state index is 13.7. The third-order valence-electron chi connectivity index (χ3n) is 6.76. The molecule has 2 aliphatic rings. The number of carbonyl (C=O) groups is 2. The Bertz CT molecular complexity index is 1660. The van der Waals surface area contributed by atoms with Crippen molar-refractivity contribution in [1.82, 2.24) is 19.4 Å². The van der Waals surface area contributed by atoms with Crippen LogP contribution in [0.4, 0.5) is 0 Å². The Hall–Kier alpha value is -4.21. The molecular formula is C28H22Cl2N4O5. The Morgan fingerprint density at radius 1 is 0.897 bits per heavy atom. The van der Waals surface area contributed by atoms with Gasteiger partial charge in [0.1, 0.15) is 5.69 Å². The maximum absolute atomic E-state index is 13.7. The molecule has 9 nitrogen and oxygen atoms in total. The fourth-order valence-corrected chi connectivity index (χ4v) is 5.10. The molecule has 0 saturated carbocycles. The molecule has 3 aromatic carbocycles. The molecule has 4 aromatic rings. The minimum Gasteiger partial charge on any atom is -0.454 e. The number of nitrogens with one attached hydrogen (secondary N) is 1. The second kappa shape index (κ2) is 10.2. The highest BCUT2D eigenvalue weighted by Crippen LogP contribution is 2.34. The molecule has 198 valence electrons. The fraction of sp³-hybridized carbons (Fsp3) is 0.179. The van der Waals surface area contributed by atoms with Crippen LogP contribution in [0, 0.1) is 0 Å². The lowest BCUT2D eigenvalue weighted by atomic mass is 10.1. The van der Waals surface area contributed by atoms with E-state index in [9.17, 15) is 14.4 Å². The summed E-state index contributed by atoms with van der Waals surface area (Å²) in [5.74, 6) is 0.324. The van der Waals surface area contributed by atoms with E-state index in [1.807, 2.05) is 30.3 Å². The van der Waals surface area contributed by atoms with Gasteiger partial charge in [-0.3, -0.25) is 18.7 Å². The molecule has 0 bridgehead atoms. The van der Waals surface area contributed by atoms with Crippen molar-refractivity contribution >= 4 is 35.0 Å². The van der Waals surface area contributed by atoms with Crippen molar-refractivity contribution in [1.29, 1.82) is 0 Å². The summed E-state index contributed by atoms with van der Waals surface area (Å²) < 4.78 is 13.8. The first-order valence-corrected chi connectivity index (χ1v) is 13.0.